The van der Waals surface area contributed by atoms with Gasteiger partial charge >= 0.3 is 0 Å². The zero-order valence-electron chi connectivity index (χ0n) is 11.6. The molecule has 6 heteroatoms. The molecule has 1 aromatic carbocycles. The molecular weight excluding hydrogens is 292 g/mol. The van der Waals surface area contributed by atoms with Crippen LogP contribution in [-0.2, 0) is 16.3 Å². The third-order valence-corrected chi connectivity index (χ3v) is 4.95. The fourth-order valence-corrected chi connectivity index (χ4v) is 3.92. The summed E-state index contributed by atoms with van der Waals surface area (Å²) in [5, 5.41) is 0.789. The van der Waals surface area contributed by atoms with Crippen molar-refractivity contribution in [3.8, 4) is 0 Å². The van der Waals surface area contributed by atoms with Crippen molar-refractivity contribution in [1.29, 1.82) is 0 Å². The summed E-state index contributed by atoms with van der Waals surface area (Å²) in [6, 6.07) is 10.2. The number of rotatable bonds is 6. The van der Waals surface area contributed by atoms with Crippen molar-refractivity contribution >= 4 is 21.6 Å². The summed E-state index contributed by atoms with van der Waals surface area (Å²) in [4.78, 5) is 7.75. The monoisotopic (exact) mass is 310 g/mol. The zero-order valence-corrected chi connectivity index (χ0v) is 13.2. The van der Waals surface area contributed by atoms with Crippen LogP contribution in [0, 0.1) is 6.92 Å². The van der Waals surface area contributed by atoms with E-state index in [4.69, 9.17) is 0 Å². The Morgan fingerprint density at radius 2 is 1.95 bits per heavy atom. The lowest BCUT2D eigenvalue weighted by atomic mass is 10.1. The van der Waals surface area contributed by atoms with Gasteiger partial charge in [0.05, 0.1) is 11.4 Å². The van der Waals surface area contributed by atoms with Crippen LogP contribution in [0.3, 0.4) is 0 Å². The van der Waals surface area contributed by atoms with Crippen LogP contribution >= 0.6 is 11.8 Å². The van der Waals surface area contributed by atoms with Crippen molar-refractivity contribution < 1.29 is 8.42 Å². The second-order valence-corrected chi connectivity index (χ2v) is 8.10. The quantitative estimate of drug-likeness (QED) is 0.833. The number of H-pyrrole nitrogens is 1. The van der Waals surface area contributed by atoms with Crippen molar-refractivity contribution in [2.75, 3.05) is 17.8 Å². The lowest BCUT2D eigenvalue weighted by molar-refractivity contribution is 0.603. The van der Waals surface area contributed by atoms with Gasteiger partial charge in [-0.3, -0.25) is 0 Å². The number of aryl methyl sites for hydroxylation is 1. The van der Waals surface area contributed by atoms with E-state index in [0.717, 1.165) is 23.0 Å². The van der Waals surface area contributed by atoms with Crippen molar-refractivity contribution in [2.24, 2.45) is 0 Å². The van der Waals surface area contributed by atoms with E-state index < -0.39 is 9.84 Å². The predicted octanol–water partition coefficient (Wildman–Crippen LogP) is 2.45. The second-order valence-electron chi connectivity index (χ2n) is 4.75. The van der Waals surface area contributed by atoms with Crippen molar-refractivity contribution in [2.45, 2.75) is 18.5 Å². The van der Waals surface area contributed by atoms with Gasteiger partial charge in [0, 0.05) is 24.1 Å². The molecule has 4 nitrogen and oxygen atoms in total. The number of aromatic nitrogens is 2. The third kappa shape index (κ3) is 4.68. The molecule has 0 fully saturated rings. The third-order valence-electron chi connectivity index (χ3n) is 2.87. The van der Waals surface area contributed by atoms with Gasteiger partial charge < -0.3 is 4.98 Å². The van der Waals surface area contributed by atoms with Crippen LogP contribution in [0.2, 0.25) is 0 Å². The molecule has 1 heterocycles. The average Bonchev–Trinajstić information content (AvgIpc) is 2.70. The van der Waals surface area contributed by atoms with Gasteiger partial charge in [0.2, 0.25) is 0 Å². The Kier molecular flexibility index (Phi) is 4.88. The molecule has 0 bridgehead atoms. The van der Waals surface area contributed by atoms with Gasteiger partial charge in [-0.05, 0) is 12.5 Å². The summed E-state index contributed by atoms with van der Waals surface area (Å²) in [6.07, 6.45) is 2.04. The number of nitrogens with zero attached hydrogens (tertiary/aromatic N) is 1. The molecule has 0 aliphatic carbocycles. The molecule has 0 saturated carbocycles. The molecule has 0 spiro atoms. The fourth-order valence-electron chi connectivity index (χ4n) is 1.79. The molecule has 0 atom stereocenters. The molecule has 20 heavy (non-hydrogen) atoms. The molecule has 0 aliphatic rings. The summed E-state index contributed by atoms with van der Waals surface area (Å²) in [5.74, 6) is 0.696. The van der Waals surface area contributed by atoms with Crippen LogP contribution < -0.4 is 0 Å². The van der Waals surface area contributed by atoms with Crippen molar-refractivity contribution in [1.82, 2.24) is 9.97 Å². The number of thioether (sulfide) groups is 1. The summed E-state index contributed by atoms with van der Waals surface area (Å²) >= 11 is 1.45. The van der Waals surface area contributed by atoms with Crippen LogP contribution in [0.5, 0.6) is 0 Å². The Balaban J connectivity index is 1.99. The van der Waals surface area contributed by atoms with Gasteiger partial charge in [-0.2, -0.15) is 0 Å². The minimum atomic E-state index is -2.91. The highest BCUT2D eigenvalue weighted by molar-refractivity contribution is 8.00. The Hall–Kier alpha value is -1.27. The van der Waals surface area contributed by atoms with E-state index in [9.17, 15) is 8.42 Å². The van der Waals surface area contributed by atoms with Crippen molar-refractivity contribution in [3.05, 3.63) is 47.3 Å². The highest BCUT2D eigenvalue weighted by Crippen LogP contribution is 2.19. The maximum absolute atomic E-state index is 11.1. The first-order valence-electron chi connectivity index (χ1n) is 6.34. The number of imidazole rings is 1. The lowest BCUT2D eigenvalue weighted by Crippen LogP contribution is -2.05. The molecule has 2 rings (SSSR count). The number of aromatic amines is 1. The van der Waals surface area contributed by atoms with E-state index in [1.807, 2.05) is 25.1 Å². The van der Waals surface area contributed by atoms with E-state index in [-0.39, 0.29) is 5.75 Å². The summed E-state index contributed by atoms with van der Waals surface area (Å²) in [5.41, 5.74) is 3.27. The smallest absolute Gasteiger partial charge is 0.165 e. The first-order valence-corrected chi connectivity index (χ1v) is 9.38. The number of hydrogen-bond donors (Lipinski definition) is 1. The number of nitrogens with one attached hydrogen (secondary N) is 1. The molecule has 1 aromatic heterocycles. The number of hydrogen-bond acceptors (Lipinski definition) is 4. The van der Waals surface area contributed by atoms with E-state index in [0.29, 0.717) is 5.75 Å². The van der Waals surface area contributed by atoms with Crippen LogP contribution in [-0.4, -0.2) is 36.1 Å². The van der Waals surface area contributed by atoms with Crippen LogP contribution in [0.4, 0.5) is 0 Å². The molecule has 1 N–H and O–H groups in total. The molecule has 0 aliphatic heterocycles. The van der Waals surface area contributed by atoms with Gasteiger partial charge in [0.25, 0.3) is 0 Å². The van der Waals surface area contributed by atoms with Crippen LogP contribution in [0.15, 0.2) is 35.5 Å². The molecule has 0 amide bonds. The Bertz CT molecular complexity index is 664. The molecule has 0 radical (unpaired) electrons. The first kappa shape index (κ1) is 15.1. The van der Waals surface area contributed by atoms with E-state index in [2.05, 4.69) is 22.1 Å². The summed E-state index contributed by atoms with van der Waals surface area (Å²) in [7, 11) is -2.91. The maximum Gasteiger partial charge on any atom is 0.165 e. The predicted molar refractivity (Wildman–Crippen MR) is 83.0 cm³/mol. The molecular formula is C14H18N2O2S2. The number of benzene rings is 1. The van der Waals surface area contributed by atoms with Crippen molar-refractivity contribution in [3.63, 3.8) is 0 Å². The maximum atomic E-state index is 11.1. The summed E-state index contributed by atoms with van der Waals surface area (Å²) in [6.45, 7) is 1.99. The molecule has 2 aromatic rings. The Labute approximate surface area is 123 Å². The van der Waals surface area contributed by atoms with Gasteiger partial charge in [-0.15, -0.1) is 0 Å². The Morgan fingerprint density at radius 3 is 2.60 bits per heavy atom. The van der Waals surface area contributed by atoms with Crippen LogP contribution in [0.25, 0.3) is 0 Å². The highest BCUT2D eigenvalue weighted by atomic mass is 32.2. The minimum absolute atomic E-state index is 0.172. The fraction of sp³-hybridized carbons (Fsp3) is 0.357. The minimum Gasteiger partial charge on any atom is -0.337 e. The van der Waals surface area contributed by atoms with E-state index >= 15 is 0 Å². The van der Waals surface area contributed by atoms with Gasteiger partial charge in [0.15, 0.2) is 5.16 Å². The first-order chi connectivity index (χ1) is 9.44. The largest absolute Gasteiger partial charge is 0.337 e. The van der Waals surface area contributed by atoms with Gasteiger partial charge in [-0.1, -0.05) is 42.1 Å². The molecule has 0 saturated heterocycles. The standard InChI is InChI=1S/C14H18N2O2S2/c1-11-13(10-12-6-4-3-5-7-12)16-14(15-11)19-8-9-20(2,17)18/h3-7H,8-10H2,1-2H3,(H,15,16). The van der Waals surface area contributed by atoms with Gasteiger partial charge in [0.1, 0.15) is 9.84 Å². The summed E-state index contributed by atoms with van der Waals surface area (Å²) < 4.78 is 22.2. The normalized spacial score (nSPS) is 11.7. The number of sulfone groups is 1. The zero-order chi connectivity index (χ0) is 14.6. The SMILES string of the molecule is Cc1[nH]c(SCCS(C)(=O)=O)nc1Cc1ccccc1. The van der Waals surface area contributed by atoms with E-state index in [1.54, 1.807) is 0 Å². The van der Waals surface area contributed by atoms with Crippen LogP contribution in [0.1, 0.15) is 17.0 Å². The second kappa shape index (κ2) is 6.45. The topological polar surface area (TPSA) is 62.8 Å². The van der Waals surface area contributed by atoms with E-state index in [1.165, 1.54) is 23.6 Å². The molecule has 0 unspecified atom stereocenters. The molecule has 108 valence electrons. The average molecular weight is 310 g/mol. The van der Waals surface area contributed by atoms with Gasteiger partial charge in [-0.25, -0.2) is 13.4 Å². The Morgan fingerprint density at radius 1 is 1.25 bits per heavy atom. The highest BCUT2D eigenvalue weighted by Gasteiger charge is 2.09. The lowest BCUT2D eigenvalue weighted by Gasteiger charge is -1.98.